The molecule has 0 amide bonds. The van der Waals surface area contributed by atoms with Gasteiger partial charge in [0, 0.05) is 26.2 Å². The molecule has 1 aliphatic rings. The van der Waals surface area contributed by atoms with Gasteiger partial charge in [-0.1, -0.05) is 0 Å². The third-order valence-corrected chi connectivity index (χ3v) is 3.90. The smallest absolute Gasteiger partial charge is 0.127 e. The Labute approximate surface area is 126 Å². The number of nitrogens with zero attached hydrogens (tertiary/aromatic N) is 2. The van der Waals surface area contributed by atoms with Crippen LogP contribution in [0.1, 0.15) is 23.6 Å². The molecule has 0 unspecified atom stereocenters. The molecule has 5 nitrogen and oxygen atoms in total. The average Bonchev–Trinajstić information content (AvgIpc) is 2.53. The van der Waals surface area contributed by atoms with E-state index in [0.29, 0.717) is 6.42 Å². The molecular weight excluding hydrogens is 266 g/mol. The molecule has 0 spiro atoms. The van der Waals surface area contributed by atoms with E-state index in [0.717, 1.165) is 48.8 Å². The summed E-state index contributed by atoms with van der Waals surface area (Å²) in [6.07, 6.45) is 0.426. The van der Waals surface area contributed by atoms with Gasteiger partial charge in [0.1, 0.15) is 11.5 Å². The number of aryl methyl sites for hydroxylation is 1. The third-order valence-electron chi connectivity index (χ3n) is 3.90. The molecule has 1 N–H and O–H groups in total. The van der Waals surface area contributed by atoms with E-state index in [1.807, 2.05) is 19.1 Å². The van der Waals surface area contributed by atoms with Crippen molar-refractivity contribution in [2.45, 2.75) is 19.4 Å². The number of nitriles is 1. The van der Waals surface area contributed by atoms with E-state index in [1.54, 1.807) is 14.2 Å². The first-order chi connectivity index (χ1) is 10.2. The lowest BCUT2D eigenvalue weighted by atomic mass is 9.97. The maximum atomic E-state index is 9.24. The van der Waals surface area contributed by atoms with Crippen molar-refractivity contribution >= 4 is 0 Å². The van der Waals surface area contributed by atoms with Crippen LogP contribution in [0.4, 0.5) is 0 Å². The Morgan fingerprint density at radius 1 is 1.24 bits per heavy atom. The summed E-state index contributed by atoms with van der Waals surface area (Å²) < 4.78 is 11.1. The van der Waals surface area contributed by atoms with Crippen LogP contribution in [0.3, 0.4) is 0 Å². The highest BCUT2D eigenvalue weighted by Crippen LogP contribution is 2.39. The number of ether oxygens (including phenoxy) is 2. The fraction of sp³-hybridized carbons (Fsp3) is 0.562. The largest absolute Gasteiger partial charge is 0.496 e. The second kappa shape index (κ2) is 7.30. The molecule has 0 radical (unpaired) electrons. The molecule has 1 fully saturated rings. The van der Waals surface area contributed by atoms with Crippen molar-refractivity contribution < 1.29 is 9.47 Å². The predicted molar refractivity (Wildman–Crippen MR) is 81.7 cm³/mol. The number of hydrogen-bond acceptors (Lipinski definition) is 5. The van der Waals surface area contributed by atoms with Gasteiger partial charge in [-0.2, -0.15) is 5.26 Å². The lowest BCUT2D eigenvalue weighted by Crippen LogP contribution is -2.45. The van der Waals surface area contributed by atoms with E-state index in [-0.39, 0.29) is 6.04 Å². The number of piperazine rings is 1. The standard InChI is InChI=1S/C16H23N3O2/c1-12-10-14(20-2)16(15(11-12)21-3)13(4-5-17)19-8-6-18-7-9-19/h10-11,13,18H,4,6-9H2,1-3H3/t13-/m0/s1. The number of methoxy groups -OCH3 is 2. The number of rotatable bonds is 5. The van der Waals surface area contributed by atoms with Gasteiger partial charge in [-0.05, 0) is 24.6 Å². The molecule has 0 aliphatic carbocycles. The summed E-state index contributed by atoms with van der Waals surface area (Å²) >= 11 is 0. The van der Waals surface area contributed by atoms with Gasteiger partial charge in [0.15, 0.2) is 0 Å². The summed E-state index contributed by atoms with van der Waals surface area (Å²) in [5.41, 5.74) is 2.07. The molecule has 1 saturated heterocycles. The lowest BCUT2D eigenvalue weighted by Gasteiger charge is -2.35. The summed E-state index contributed by atoms with van der Waals surface area (Å²) in [5, 5.41) is 12.6. The van der Waals surface area contributed by atoms with Crippen molar-refractivity contribution in [2.24, 2.45) is 0 Å². The summed E-state index contributed by atoms with van der Waals surface area (Å²) in [4.78, 5) is 2.33. The van der Waals surface area contributed by atoms with E-state index in [1.165, 1.54) is 0 Å². The van der Waals surface area contributed by atoms with Crippen molar-refractivity contribution in [3.05, 3.63) is 23.3 Å². The first-order valence-corrected chi connectivity index (χ1v) is 7.25. The predicted octanol–water partition coefficient (Wildman–Crippen LogP) is 1.87. The van der Waals surface area contributed by atoms with Gasteiger partial charge in [-0.25, -0.2) is 0 Å². The third kappa shape index (κ3) is 3.46. The zero-order chi connectivity index (χ0) is 15.2. The molecule has 1 aromatic carbocycles. The van der Waals surface area contributed by atoms with Gasteiger partial charge in [0.05, 0.1) is 38.3 Å². The Morgan fingerprint density at radius 3 is 2.29 bits per heavy atom. The quantitative estimate of drug-likeness (QED) is 0.897. The maximum Gasteiger partial charge on any atom is 0.127 e. The van der Waals surface area contributed by atoms with Crippen LogP contribution in [0.5, 0.6) is 11.5 Å². The molecule has 21 heavy (non-hydrogen) atoms. The highest BCUT2D eigenvalue weighted by molar-refractivity contribution is 5.50. The van der Waals surface area contributed by atoms with E-state index in [2.05, 4.69) is 16.3 Å². The Bertz CT molecular complexity index is 494. The summed E-state index contributed by atoms with van der Waals surface area (Å²) in [6, 6.07) is 6.32. The topological polar surface area (TPSA) is 57.5 Å². The van der Waals surface area contributed by atoms with Crippen LogP contribution in [-0.2, 0) is 0 Å². The van der Waals surface area contributed by atoms with Gasteiger partial charge < -0.3 is 14.8 Å². The molecule has 1 aromatic rings. The van der Waals surface area contributed by atoms with Crippen molar-refractivity contribution in [1.29, 1.82) is 5.26 Å². The molecule has 1 aliphatic heterocycles. The molecule has 1 heterocycles. The number of nitrogens with one attached hydrogen (secondary N) is 1. The van der Waals surface area contributed by atoms with Crippen molar-refractivity contribution in [3.8, 4) is 17.6 Å². The van der Waals surface area contributed by atoms with Crippen LogP contribution in [0.15, 0.2) is 12.1 Å². The van der Waals surface area contributed by atoms with Crippen molar-refractivity contribution in [2.75, 3.05) is 40.4 Å². The normalized spacial score (nSPS) is 17.0. The Morgan fingerprint density at radius 2 is 1.81 bits per heavy atom. The van der Waals surface area contributed by atoms with Gasteiger partial charge >= 0.3 is 0 Å². The minimum atomic E-state index is 0.00241. The van der Waals surface area contributed by atoms with Crippen LogP contribution in [-0.4, -0.2) is 45.3 Å². The fourth-order valence-electron chi connectivity index (χ4n) is 2.89. The molecule has 1 atom stereocenters. The molecule has 2 rings (SSSR count). The fourth-order valence-corrected chi connectivity index (χ4v) is 2.89. The molecule has 114 valence electrons. The van der Waals surface area contributed by atoms with Crippen LogP contribution in [0, 0.1) is 18.3 Å². The van der Waals surface area contributed by atoms with Gasteiger partial charge in [-0.15, -0.1) is 0 Å². The van der Waals surface area contributed by atoms with Crippen molar-refractivity contribution in [1.82, 2.24) is 10.2 Å². The molecule has 0 saturated carbocycles. The molecule has 0 bridgehead atoms. The monoisotopic (exact) mass is 289 g/mol. The van der Waals surface area contributed by atoms with Gasteiger partial charge in [0.25, 0.3) is 0 Å². The van der Waals surface area contributed by atoms with E-state index >= 15 is 0 Å². The second-order valence-corrected chi connectivity index (χ2v) is 5.25. The van der Waals surface area contributed by atoms with Crippen LogP contribution in [0.25, 0.3) is 0 Å². The number of benzene rings is 1. The zero-order valence-corrected chi connectivity index (χ0v) is 13.0. The van der Waals surface area contributed by atoms with Crippen LogP contribution in [0.2, 0.25) is 0 Å². The van der Waals surface area contributed by atoms with E-state index in [4.69, 9.17) is 9.47 Å². The van der Waals surface area contributed by atoms with Crippen LogP contribution >= 0.6 is 0 Å². The molecule has 5 heteroatoms. The Kier molecular flexibility index (Phi) is 5.43. The Hall–Kier alpha value is -1.77. The summed E-state index contributed by atoms with van der Waals surface area (Å²) in [5.74, 6) is 1.59. The highest BCUT2D eigenvalue weighted by atomic mass is 16.5. The second-order valence-electron chi connectivity index (χ2n) is 5.25. The highest BCUT2D eigenvalue weighted by Gasteiger charge is 2.28. The van der Waals surface area contributed by atoms with Gasteiger partial charge in [-0.3, -0.25) is 4.90 Å². The maximum absolute atomic E-state index is 9.24. The minimum Gasteiger partial charge on any atom is -0.496 e. The first kappa shape index (κ1) is 15.6. The van der Waals surface area contributed by atoms with E-state index < -0.39 is 0 Å². The van der Waals surface area contributed by atoms with Crippen molar-refractivity contribution in [3.63, 3.8) is 0 Å². The SMILES string of the molecule is COc1cc(C)cc(OC)c1[C@H](CC#N)N1CCNCC1. The first-order valence-electron chi connectivity index (χ1n) is 7.25. The van der Waals surface area contributed by atoms with Crippen LogP contribution < -0.4 is 14.8 Å². The van der Waals surface area contributed by atoms with Gasteiger partial charge in [0.2, 0.25) is 0 Å². The molecular formula is C16H23N3O2. The lowest BCUT2D eigenvalue weighted by molar-refractivity contribution is 0.169. The molecule has 0 aromatic heterocycles. The zero-order valence-electron chi connectivity index (χ0n) is 13.0. The summed E-state index contributed by atoms with van der Waals surface area (Å²) in [6.45, 7) is 5.74. The van der Waals surface area contributed by atoms with E-state index in [9.17, 15) is 5.26 Å². The number of hydrogen-bond donors (Lipinski definition) is 1. The average molecular weight is 289 g/mol. The Balaban J connectivity index is 2.45. The summed E-state index contributed by atoms with van der Waals surface area (Å²) in [7, 11) is 3.33. The minimum absolute atomic E-state index is 0.00241.